The van der Waals surface area contributed by atoms with E-state index in [0.29, 0.717) is 13.2 Å². The molecule has 0 aliphatic rings. The third kappa shape index (κ3) is 5.11. The summed E-state index contributed by atoms with van der Waals surface area (Å²) in [6, 6.07) is 10.3. The number of ether oxygens (including phenoxy) is 2. The Morgan fingerprint density at radius 3 is 2.24 bits per heavy atom. The molecule has 1 aromatic carbocycles. The predicted octanol–water partition coefficient (Wildman–Crippen LogP) is 3.22. The zero-order valence-corrected chi connectivity index (χ0v) is 10.8. The lowest BCUT2D eigenvalue weighted by atomic mass is 10.1. The van der Waals surface area contributed by atoms with Crippen LogP contribution in [0.1, 0.15) is 32.4 Å². The molecule has 0 bridgehead atoms. The van der Waals surface area contributed by atoms with Crippen LogP contribution in [0.25, 0.3) is 0 Å². The van der Waals surface area contributed by atoms with Crippen LogP contribution in [0.4, 0.5) is 0 Å². The minimum atomic E-state index is -0.337. The van der Waals surface area contributed by atoms with Crippen molar-refractivity contribution >= 4 is 6.21 Å². The van der Waals surface area contributed by atoms with Crippen molar-refractivity contribution in [2.45, 2.75) is 33.1 Å². The molecular formula is C14H21NO2. The van der Waals surface area contributed by atoms with Crippen molar-refractivity contribution in [2.24, 2.45) is 4.99 Å². The van der Waals surface area contributed by atoms with Gasteiger partial charge in [-0.15, -0.1) is 0 Å². The Kier molecular flexibility index (Phi) is 6.51. The minimum absolute atomic E-state index is 0.125. The van der Waals surface area contributed by atoms with Gasteiger partial charge in [-0.25, -0.2) is 0 Å². The largest absolute Gasteiger partial charge is 0.348 e. The normalized spacial score (nSPS) is 13.4. The Labute approximate surface area is 103 Å². The second-order valence-corrected chi connectivity index (χ2v) is 3.66. The SMILES string of the molecule is CCOC(C=N[C@H](C)c1ccccc1)OCC. The predicted molar refractivity (Wildman–Crippen MR) is 70.4 cm³/mol. The van der Waals surface area contributed by atoms with Gasteiger partial charge in [0.05, 0.1) is 12.3 Å². The smallest absolute Gasteiger partial charge is 0.193 e. The van der Waals surface area contributed by atoms with E-state index in [1.807, 2.05) is 32.0 Å². The molecule has 0 radical (unpaired) electrons. The van der Waals surface area contributed by atoms with Crippen molar-refractivity contribution in [3.63, 3.8) is 0 Å². The molecule has 0 saturated carbocycles. The molecule has 0 N–H and O–H groups in total. The fourth-order valence-electron chi connectivity index (χ4n) is 1.48. The second kappa shape index (κ2) is 7.98. The van der Waals surface area contributed by atoms with E-state index in [0.717, 1.165) is 0 Å². The molecular weight excluding hydrogens is 214 g/mol. The average Bonchev–Trinajstić information content (AvgIpc) is 2.37. The van der Waals surface area contributed by atoms with E-state index in [1.54, 1.807) is 6.21 Å². The molecule has 17 heavy (non-hydrogen) atoms. The molecule has 94 valence electrons. The maximum absolute atomic E-state index is 5.40. The van der Waals surface area contributed by atoms with Crippen molar-refractivity contribution < 1.29 is 9.47 Å². The van der Waals surface area contributed by atoms with Gasteiger partial charge in [-0.1, -0.05) is 30.3 Å². The van der Waals surface area contributed by atoms with E-state index < -0.39 is 0 Å². The van der Waals surface area contributed by atoms with Crippen LogP contribution in [0.5, 0.6) is 0 Å². The summed E-state index contributed by atoms with van der Waals surface area (Å²) in [5, 5.41) is 0. The molecule has 0 aliphatic carbocycles. The molecule has 0 spiro atoms. The summed E-state index contributed by atoms with van der Waals surface area (Å²) in [6.07, 6.45) is 1.40. The Balaban J connectivity index is 2.56. The molecule has 0 aliphatic heterocycles. The lowest BCUT2D eigenvalue weighted by molar-refractivity contribution is -0.0869. The Bertz CT molecular complexity index is 318. The van der Waals surface area contributed by atoms with Crippen molar-refractivity contribution in [3.05, 3.63) is 35.9 Å². The van der Waals surface area contributed by atoms with Crippen LogP contribution in [0.2, 0.25) is 0 Å². The Morgan fingerprint density at radius 2 is 1.71 bits per heavy atom. The molecule has 3 heteroatoms. The summed E-state index contributed by atoms with van der Waals surface area (Å²) in [5.41, 5.74) is 1.19. The summed E-state index contributed by atoms with van der Waals surface area (Å²) in [6.45, 7) is 7.19. The van der Waals surface area contributed by atoms with Crippen LogP contribution < -0.4 is 0 Å². The average molecular weight is 235 g/mol. The quantitative estimate of drug-likeness (QED) is 0.536. The van der Waals surface area contributed by atoms with E-state index in [1.165, 1.54) is 5.56 Å². The molecule has 0 saturated heterocycles. The molecule has 0 aromatic heterocycles. The molecule has 1 aromatic rings. The zero-order valence-electron chi connectivity index (χ0n) is 10.8. The van der Waals surface area contributed by atoms with Crippen LogP contribution in [0.15, 0.2) is 35.3 Å². The number of benzene rings is 1. The molecule has 3 nitrogen and oxygen atoms in total. The molecule has 1 atom stereocenters. The van der Waals surface area contributed by atoms with Crippen LogP contribution in [0.3, 0.4) is 0 Å². The van der Waals surface area contributed by atoms with E-state index in [2.05, 4.69) is 24.0 Å². The van der Waals surface area contributed by atoms with Gasteiger partial charge >= 0.3 is 0 Å². The van der Waals surface area contributed by atoms with Gasteiger partial charge in [0.1, 0.15) is 0 Å². The Hall–Kier alpha value is -1.19. The number of rotatable bonds is 7. The first-order chi connectivity index (χ1) is 8.27. The zero-order chi connectivity index (χ0) is 12.5. The summed E-state index contributed by atoms with van der Waals surface area (Å²) in [7, 11) is 0. The molecule has 0 unspecified atom stereocenters. The lowest BCUT2D eigenvalue weighted by Crippen LogP contribution is -2.19. The first-order valence-electron chi connectivity index (χ1n) is 6.09. The standard InChI is InChI=1S/C14H21NO2/c1-4-16-14(17-5-2)11-15-12(3)13-9-7-6-8-10-13/h6-12,14H,4-5H2,1-3H3/t12-/m1/s1. The molecule has 1 rings (SSSR count). The third-order valence-corrected chi connectivity index (χ3v) is 2.38. The number of hydrogen-bond acceptors (Lipinski definition) is 3. The highest BCUT2D eigenvalue weighted by atomic mass is 16.7. The van der Waals surface area contributed by atoms with Crippen LogP contribution in [0, 0.1) is 0 Å². The van der Waals surface area contributed by atoms with Gasteiger partial charge in [-0.2, -0.15) is 0 Å². The first-order valence-corrected chi connectivity index (χ1v) is 6.09. The molecule has 0 heterocycles. The van der Waals surface area contributed by atoms with Gasteiger partial charge in [-0.3, -0.25) is 4.99 Å². The highest BCUT2D eigenvalue weighted by molar-refractivity contribution is 5.61. The van der Waals surface area contributed by atoms with Crippen molar-refractivity contribution in [3.8, 4) is 0 Å². The van der Waals surface area contributed by atoms with E-state index in [-0.39, 0.29) is 12.3 Å². The minimum Gasteiger partial charge on any atom is -0.348 e. The fourth-order valence-corrected chi connectivity index (χ4v) is 1.48. The van der Waals surface area contributed by atoms with Crippen molar-refractivity contribution in [1.29, 1.82) is 0 Å². The van der Waals surface area contributed by atoms with E-state index >= 15 is 0 Å². The topological polar surface area (TPSA) is 30.8 Å². The highest BCUT2D eigenvalue weighted by Crippen LogP contribution is 2.15. The van der Waals surface area contributed by atoms with Crippen molar-refractivity contribution in [2.75, 3.05) is 13.2 Å². The highest BCUT2D eigenvalue weighted by Gasteiger charge is 2.05. The van der Waals surface area contributed by atoms with Crippen LogP contribution >= 0.6 is 0 Å². The van der Waals surface area contributed by atoms with E-state index in [4.69, 9.17) is 9.47 Å². The van der Waals surface area contributed by atoms with Gasteiger partial charge < -0.3 is 9.47 Å². The summed E-state index contributed by atoms with van der Waals surface area (Å²) < 4.78 is 10.8. The van der Waals surface area contributed by atoms with Gasteiger partial charge in [0, 0.05) is 13.2 Å². The maximum Gasteiger partial charge on any atom is 0.193 e. The van der Waals surface area contributed by atoms with Gasteiger partial charge in [0.15, 0.2) is 6.29 Å². The van der Waals surface area contributed by atoms with Crippen LogP contribution in [-0.4, -0.2) is 25.7 Å². The van der Waals surface area contributed by atoms with E-state index in [9.17, 15) is 0 Å². The number of nitrogens with zero attached hydrogens (tertiary/aromatic N) is 1. The second-order valence-electron chi connectivity index (χ2n) is 3.66. The van der Waals surface area contributed by atoms with Gasteiger partial charge in [-0.05, 0) is 26.3 Å². The number of hydrogen-bond donors (Lipinski definition) is 0. The molecule has 0 fully saturated rings. The van der Waals surface area contributed by atoms with Crippen molar-refractivity contribution in [1.82, 2.24) is 0 Å². The summed E-state index contributed by atoms with van der Waals surface area (Å²) in [4.78, 5) is 4.46. The van der Waals surface area contributed by atoms with Gasteiger partial charge in [0.2, 0.25) is 0 Å². The summed E-state index contributed by atoms with van der Waals surface area (Å²) in [5.74, 6) is 0. The fraction of sp³-hybridized carbons (Fsp3) is 0.500. The lowest BCUT2D eigenvalue weighted by Gasteiger charge is -2.13. The first kappa shape index (κ1) is 13.9. The van der Waals surface area contributed by atoms with Crippen LogP contribution in [-0.2, 0) is 9.47 Å². The monoisotopic (exact) mass is 235 g/mol. The Morgan fingerprint density at radius 1 is 1.12 bits per heavy atom. The summed E-state index contributed by atoms with van der Waals surface area (Å²) >= 11 is 0. The maximum atomic E-state index is 5.40. The number of aliphatic imine (C=N–C) groups is 1. The van der Waals surface area contributed by atoms with Gasteiger partial charge in [0.25, 0.3) is 0 Å². The molecule has 0 amide bonds. The third-order valence-electron chi connectivity index (χ3n) is 2.38.